The normalized spacial score (nSPS) is 12.2. The maximum absolute atomic E-state index is 13.0. The average Bonchev–Trinajstić information content (AvgIpc) is 2.71. The second-order valence-corrected chi connectivity index (χ2v) is 8.61. The van der Waals surface area contributed by atoms with Gasteiger partial charge in [-0.3, -0.25) is 9.11 Å². The van der Waals surface area contributed by atoms with Crippen molar-refractivity contribution in [2.24, 2.45) is 0 Å². The van der Waals surface area contributed by atoms with Crippen molar-refractivity contribution in [3.63, 3.8) is 0 Å². The smallest absolute Gasteiger partial charge is 0.123 e. The Morgan fingerprint density at radius 3 is 2.07 bits per heavy atom. The average molecular weight is 396 g/mol. The first-order chi connectivity index (χ1) is 13.6. The molecule has 4 heteroatoms. The second-order valence-electron chi connectivity index (χ2n) is 7.04. The third-order valence-electron chi connectivity index (χ3n) is 4.66. The van der Waals surface area contributed by atoms with Gasteiger partial charge in [-0.2, -0.15) is 0 Å². The molecule has 0 aliphatic rings. The molecule has 28 heavy (non-hydrogen) atoms. The van der Waals surface area contributed by atoms with Crippen LogP contribution in [-0.2, 0) is 23.9 Å². The first kappa shape index (κ1) is 20.4. The van der Waals surface area contributed by atoms with Crippen LogP contribution < -0.4 is 0 Å². The highest BCUT2D eigenvalue weighted by molar-refractivity contribution is 7.85. The van der Waals surface area contributed by atoms with Gasteiger partial charge in [-0.15, -0.1) is 0 Å². The third-order valence-corrected chi connectivity index (χ3v) is 6.11. The molecule has 3 aromatic rings. The molecule has 0 heterocycles. The zero-order chi connectivity index (χ0) is 19.8. The number of hydrogen-bond donors (Lipinski definition) is 0. The van der Waals surface area contributed by atoms with Crippen LogP contribution in [0.4, 0.5) is 4.39 Å². The lowest BCUT2D eigenvalue weighted by atomic mass is 10.1. The Bertz CT molecular complexity index is 879. The van der Waals surface area contributed by atoms with E-state index in [9.17, 15) is 8.60 Å². The maximum atomic E-state index is 13.0. The predicted octanol–water partition coefficient (Wildman–Crippen LogP) is 5.33. The summed E-state index contributed by atoms with van der Waals surface area (Å²) < 4.78 is 25.5. The largest absolute Gasteiger partial charge is 0.295 e. The molecule has 3 rings (SSSR count). The summed E-state index contributed by atoms with van der Waals surface area (Å²) in [6, 6.07) is 25.0. The molecule has 0 fully saturated rings. The summed E-state index contributed by atoms with van der Waals surface area (Å²) in [6.45, 7) is 4.67. The fourth-order valence-electron chi connectivity index (χ4n) is 3.13. The lowest BCUT2D eigenvalue weighted by molar-refractivity contribution is 0.258. The Kier molecular flexibility index (Phi) is 7.52. The van der Waals surface area contributed by atoms with Gasteiger partial charge in [0.05, 0.1) is 10.8 Å². The molecular formula is C24H26FNOS. The molecule has 146 valence electrons. The van der Waals surface area contributed by atoms with Crippen molar-refractivity contribution in [3.05, 3.63) is 101 Å². The lowest BCUT2D eigenvalue weighted by Gasteiger charge is -2.22. The van der Waals surface area contributed by atoms with Gasteiger partial charge in [0.25, 0.3) is 0 Å². The minimum atomic E-state index is -1.10. The first-order valence-electron chi connectivity index (χ1n) is 9.56. The van der Waals surface area contributed by atoms with Crippen LogP contribution in [0.2, 0.25) is 0 Å². The molecule has 0 aromatic heterocycles. The van der Waals surface area contributed by atoms with Crippen LogP contribution in [0.25, 0.3) is 0 Å². The molecule has 0 radical (unpaired) electrons. The summed E-state index contributed by atoms with van der Waals surface area (Å²) in [5, 5.41) is 0. The standard InChI is InChI=1S/C24H26FNOS/c1-20-8-10-22(11-9-20)19-26(18-21-6-3-2-4-7-21)16-5-17-28(27)24-14-12-23(25)13-15-24/h2-4,6-15H,5,16-19H2,1H3/t28-/m1/s1. The molecule has 0 amide bonds. The zero-order valence-electron chi connectivity index (χ0n) is 16.2. The summed E-state index contributed by atoms with van der Waals surface area (Å²) in [6.07, 6.45) is 0.822. The fourth-order valence-corrected chi connectivity index (χ4v) is 4.20. The summed E-state index contributed by atoms with van der Waals surface area (Å²) in [7, 11) is -1.10. The molecule has 1 atom stereocenters. The Balaban J connectivity index is 1.60. The second kappa shape index (κ2) is 10.3. The maximum Gasteiger partial charge on any atom is 0.123 e. The van der Waals surface area contributed by atoms with E-state index in [1.165, 1.54) is 28.8 Å². The number of nitrogens with zero attached hydrogens (tertiary/aromatic N) is 1. The number of benzene rings is 3. The van der Waals surface area contributed by atoms with Gasteiger partial charge >= 0.3 is 0 Å². The molecule has 0 saturated heterocycles. The molecule has 0 saturated carbocycles. The van der Waals surface area contributed by atoms with Crippen LogP contribution >= 0.6 is 0 Å². The quantitative estimate of drug-likeness (QED) is 0.488. The van der Waals surface area contributed by atoms with Crippen LogP contribution in [0.1, 0.15) is 23.1 Å². The van der Waals surface area contributed by atoms with Gasteiger partial charge in [0.2, 0.25) is 0 Å². The van der Waals surface area contributed by atoms with Gasteiger partial charge in [-0.25, -0.2) is 4.39 Å². The van der Waals surface area contributed by atoms with E-state index in [-0.39, 0.29) is 5.82 Å². The molecule has 0 spiro atoms. The van der Waals surface area contributed by atoms with Crippen molar-refractivity contribution in [1.82, 2.24) is 4.90 Å². The van der Waals surface area contributed by atoms with Gasteiger partial charge < -0.3 is 0 Å². The number of aryl methyl sites for hydroxylation is 1. The van der Waals surface area contributed by atoms with E-state index in [0.717, 1.165) is 26.1 Å². The molecule has 3 aromatic carbocycles. The fraction of sp³-hybridized carbons (Fsp3) is 0.250. The van der Waals surface area contributed by atoms with E-state index >= 15 is 0 Å². The molecule has 0 N–H and O–H groups in total. The third kappa shape index (κ3) is 6.39. The van der Waals surface area contributed by atoms with Crippen LogP contribution in [0, 0.1) is 12.7 Å². The first-order valence-corrected chi connectivity index (χ1v) is 10.9. The highest BCUT2D eigenvalue weighted by atomic mass is 32.2. The Morgan fingerprint density at radius 1 is 0.821 bits per heavy atom. The van der Waals surface area contributed by atoms with Crippen molar-refractivity contribution >= 4 is 10.8 Å². The van der Waals surface area contributed by atoms with Crippen molar-refractivity contribution in [1.29, 1.82) is 0 Å². The van der Waals surface area contributed by atoms with Gasteiger partial charge in [0.15, 0.2) is 0 Å². The van der Waals surface area contributed by atoms with E-state index < -0.39 is 10.8 Å². The molecule has 2 nitrogen and oxygen atoms in total. The van der Waals surface area contributed by atoms with Gasteiger partial charge in [0, 0.05) is 23.7 Å². The zero-order valence-corrected chi connectivity index (χ0v) is 17.0. The highest BCUT2D eigenvalue weighted by Crippen LogP contribution is 2.13. The minimum Gasteiger partial charge on any atom is -0.295 e. The van der Waals surface area contributed by atoms with Crippen molar-refractivity contribution < 1.29 is 8.60 Å². The summed E-state index contributed by atoms with van der Waals surface area (Å²) in [4.78, 5) is 3.08. The van der Waals surface area contributed by atoms with Crippen molar-refractivity contribution in [2.75, 3.05) is 12.3 Å². The van der Waals surface area contributed by atoms with Crippen LogP contribution in [-0.4, -0.2) is 21.4 Å². The number of halogens is 1. The van der Waals surface area contributed by atoms with Crippen LogP contribution in [0.5, 0.6) is 0 Å². The molecule has 0 aliphatic carbocycles. The van der Waals surface area contributed by atoms with E-state index in [2.05, 4.69) is 60.4 Å². The van der Waals surface area contributed by atoms with Crippen LogP contribution in [0.3, 0.4) is 0 Å². The Morgan fingerprint density at radius 2 is 1.43 bits per heavy atom. The number of hydrogen-bond acceptors (Lipinski definition) is 2. The van der Waals surface area contributed by atoms with Crippen LogP contribution in [0.15, 0.2) is 83.8 Å². The predicted molar refractivity (Wildman–Crippen MR) is 114 cm³/mol. The minimum absolute atomic E-state index is 0.298. The topological polar surface area (TPSA) is 20.3 Å². The van der Waals surface area contributed by atoms with Crippen molar-refractivity contribution in [2.45, 2.75) is 31.3 Å². The Labute approximate surface area is 169 Å². The van der Waals surface area contributed by atoms with Crippen molar-refractivity contribution in [3.8, 4) is 0 Å². The molecular weight excluding hydrogens is 369 g/mol. The Hall–Kier alpha value is -2.30. The molecule has 0 aliphatic heterocycles. The molecule has 0 bridgehead atoms. The highest BCUT2D eigenvalue weighted by Gasteiger charge is 2.10. The summed E-state index contributed by atoms with van der Waals surface area (Å²) >= 11 is 0. The monoisotopic (exact) mass is 395 g/mol. The molecule has 0 unspecified atom stereocenters. The van der Waals surface area contributed by atoms with Gasteiger partial charge in [-0.1, -0.05) is 60.2 Å². The number of rotatable bonds is 9. The SMILES string of the molecule is Cc1ccc(CN(CCC[S@@](=O)c2ccc(F)cc2)Cc2ccccc2)cc1. The van der Waals surface area contributed by atoms with E-state index in [0.29, 0.717) is 10.6 Å². The van der Waals surface area contributed by atoms with Gasteiger partial charge in [-0.05, 0) is 55.3 Å². The van der Waals surface area contributed by atoms with E-state index in [4.69, 9.17) is 0 Å². The van der Waals surface area contributed by atoms with E-state index in [1.54, 1.807) is 12.1 Å². The summed E-state index contributed by atoms with van der Waals surface area (Å²) in [5.41, 5.74) is 3.81. The summed E-state index contributed by atoms with van der Waals surface area (Å²) in [5.74, 6) is 0.276. The van der Waals surface area contributed by atoms with Gasteiger partial charge in [0.1, 0.15) is 5.82 Å². The lowest BCUT2D eigenvalue weighted by Crippen LogP contribution is -2.25. The van der Waals surface area contributed by atoms with E-state index in [1.807, 2.05) is 6.07 Å².